The number of carboxylic acid groups (broad SMARTS) is 2. The predicted octanol–water partition coefficient (Wildman–Crippen LogP) is 11.8. The summed E-state index contributed by atoms with van der Waals surface area (Å²) < 4.78 is 23.0. The van der Waals surface area contributed by atoms with Crippen LogP contribution in [0.15, 0.2) is 127 Å². The number of halogens is 2. The van der Waals surface area contributed by atoms with Crippen molar-refractivity contribution in [1.82, 2.24) is 55.5 Å². The molecule has 0 fully saturated rings. The van der Waals surface area contributed by atoms with Crippen molar-refractivity contribution in [2.24, 2.45) is 0 Å². The maximum atomic E-state index is 11.0. The molecule has 17 nitrogen and oxygen atoms in total. The number of pyridine rings is 5. The third-order valence-corrected chi connectivity index (χ3v) is 26.7. The van der Waals surface area contributed by atoms with Gasteiger partial charge in [-0.15, -0.1) is 30.6 Å². The van der Waals surface area contributed by atoms with Gasteiger partial charge in [-0.1, -0.05) is 47.5 Å². The Morgan fingerprint density at radius 1 is 0.427 bits per heavy atom. The Hall–Kier alpha value is -6.57. The van der Waals surface area contributed by atoms with E-state index in [0.717, 1.165) is 34.2 Å². The molecule has 0 spiro atoms. The Balaban J connectivity index is 0.000000222. The number of carbonyl (C=O) groups is 2. The Morgan fingerprint density at radius 2 is 0.733 bits per heavy atom. The molecule has 75 heavy (non-hydrogen) atoms. The van der Waals surface area contributed by atoms with Crippen LogP contribution < -0.4 is 3.71 Å². The molecule has 8 aromatic rings. The fourth-order valence-electron chi connectivity index (χ4n) is 7.42. The van der Waals surface area contributed by atoms with E-state index in [9.17, 15) is 9.59 Å². The summed E-state index contributed by atoms with van der Waals surface area (Å²) >= 11 is 6.88. The standard InChI is InChI=1S/C16H10N4O4.C16H14N4.C6H6N.C4H2Cl2N2.3C4H9.O2Se.Sn/c21-15(22)13-5-1-3-9(17-13)11-7-8-12(20-19-11)10-4-2-6-14(18-10)16(23)24;1-11-5-3-7-13(17-11)15-9-10-16(20-19-15)14-8-4-6-12(2)18-14;1-6-4-2-3-5-7-6;5-3-1-2-4(6)8-7-3;3*1-3-4-2;1-3-2;/h1-8H,(H,21,22)(H,23,24);3-10H,1-2H3;2-4H,1H3;1-2H;3*1,3-4H2,2H3;;. The van der Waals surface area contributed by atoms with Gasteiger partial charge in [0.15, 0.2) is 10.3 Å². The molecule has 0 amide bonds. The normalized spacial score (nSPS) is 10.4. The molecule has 0 saturated heterocycles. The molecule has 0 aliphatic heterocycles. The van der Waals surface area contributed by atoms with E-state index in [2.05, 4.69) is 96.4 Å². The molecule has 8 heterocycles. The van der Waals surface area contributed by atoms with Crippen LogP contribution in [-0.2, 0) is 7.67 Å². The van der Waals surface area contributed by atoms with E-state index in [4.69, 9.17) is 46.1 Å². The van der Waals surface area contributed by atoms with Crippen LogP contribution in [0.25, 0.3) is 45.6 Å². The molecule has 8 aromatic heterocycles. The summed E-state index contributed by atoms with van der Waals surface area (Å²) in [6.45, 7) is 13.1. The zero-order chi connectivity index (χ0) is 54.6. The first kappa shape index (κ1) is 61.0. The van der Waals surface area contributed by atoms with Gasteiger partial charge in [0, 0.05) is 11.4 Å². The van der Waals surface area contributed by atoms with Gasteiger partial charge in [0.05, 0.1) is 22.8 Å². The summed E-state index contributed by atoms with van der Waals surface area (Å²) in [5, 5.41) is 42.1. The molecule has 0 radical (unpaired) electrons. The molecule has 390 valence electrons. The minimum absolute atomic E-state index is 0.0887. The average Bonchev–Trinajstić information content (AvgIpc) is 3.42. The third kappa shape index (κ3) is 20.6. The van der Waals surface area contributed by atoms with Gasteiger partial charge in [-0.3, -0.25) is 9.97 Å². The average molecular weight is 1230 g/mol. The second-order valence-corrected chi connectivity index (χ2v) is 31.0. The van der Waals surface area contributed by atoms with Crippen LogP contribution in [0.2, 0.25) is 23.6 Å². The number of aromatic nitrogens is 11. The summed E-state index contributed by atoms with van der Waals surface area (Å²) in [6, 6.07) is 37.9. The molecule has 0 unspecified atom stereocenters. The molecule has 0 aliphatic carbocycles. The van der Waals surface area contributed by atoms with Crippen molar-refractivity contribution in [3.05, 3.63) is 166 Å². The fourth-order valence-corrected chi connectivity index (χ4v) is 23.2. The summed E-state index contributed by atoms with van der Waals surface area (Å²) in [5.41, 5.74) is 7.73. The molecular weight excluding hydrogens is 1170 g/mol. The fraction of sp³-hybridized carbons (Fsp3) is 0.278. The van der Waals surface area contributed by atoms with E-state index in [1.807, 2.05) is 62.4 Å². The van der Waals surface area contributed by atoms with Gasteiger partial charge in [-0.05, 0) is 98.8 Å². The van der Waals surface area contributed by atoms with E-state index >= 15 is 0 Å². The van der Waals surface area contributed by atoms with E-state index in [1.165, 1.54) is 69.7 Å². The van der Waals surface area contributed by atoms with Crippen LogP contribution >= 0.6 is 23.2 Å². The van der Waals surface area contributed by atoms with Crippen molar-refractivity contribution >= 4 is 72.0 Å². The number of hydrogen-bond donors (Lipinski definition) is 2. The molecule has 0 saturated carbocycles. The zero-order valence-electron chi connectivity index (χ0n) is 42.6. The third-order valence-electron chi connectivity index (χ3n) is 11.1. The Kier molecular flexibility index (Phi) is 26.6. The van der Waals surface area contributed by atoms with Crippen molar-refractivity contribution in [3.8, 4) is 45.6 Å². The minimum atomic E-state index is -2.25. The van der Waals surface area contributed by atoms with Crippen molar-refractivity contribution in [2.75, 3.05) is 0 Å². The summed E-state index contributed by atoms with van der Waals surface area (Å²) in [5.74, 6) is -2.26. The Labute approximate surface area is 457 Å². The van der Waals surface area contributed by atoms with Crippen molar-refractivity contribution in [2.45, 2.75) is 93.4 Å². The van der Waals surface area contributed by atoms with Crippen LogP contribution in [-0.4, -0.2) is 111 Å². The van der Waals surface area contributed by atoms with E-state index < -0.39 is 45.1 Å². The Bertz CT molecular complexity index is 2900. The van der Waals surface area contributed by atoms with Crippen LogP contribution in [0.5, 0.6) is 0 Å². The van der Waals surface area contributed by atoms with Gasteiger partial charge < -0.3 is 10.2 Å². The summed E-state index contributed by atoms with van der Waals surface area (Å²) in [4.78, 5) is 43.8. The molecule has 8 rings (SSSR count). The van der Waals surface area contributed by atoms with Gasteiger partial charge in [-0.2, -0.15) is 0 Å². The number of carboxylic acids is 2. The van der Waals surface area contributed by atoms with Crippen LogP contribution in [0.3, 0.4) is 0 Å². The summed E-state index contributed by atoms with van der Waals surface area (Å²) in [6.07, 6.45) is 8.26. The molecule has 0 atom stereocenters. The van der Waals surface area contributed by atoms with Gasteiger partial charge in [0.25, 0.3) is 0 Å². The number of unbranched alkanes of at least 4 members (excludes halogenated alkanes) is 3. The molecular formula is C54H59Cl2N11O6SeSn. The van der Waals surface area contributed by atoms with Crippen molar-refractivity contribution in [3.63, 3.8) is 0 Å². The van der Waals surface area contributed by atoms with Gasteiger partial charge >= 0.3 is 165 Å². The van der Waals surface area contributed by atoms with Crippen LogP contribution in [0.4, 0.5) is 0 Å². The first-order valence-electron chi connectivity index (χ1n) is 24.1. The van der Waals surface area contributed by atoms with Crippen LogP contribution in [0.1, 0.15) is 97.4 Å². The first-order valence-corrected chi connectivity index (χ1v) is 33.8. The molecule has 0 bridgehead atoms. The Morgan fingerprint density at radius 3 is 1.01 bits per heavy atom. The number of nitrogens with zero attached hydrogens (tertiary/aromatic N) is 11. The second-order valence-electron chi connectivity index (χ2n) is 16.9. The zero-order valence-corrected chi connectivity index (χ0v) is 48.7. The molecule has 2 N–H and O–H groups in total. The molecule has 0 aliphatic rings. The topological polar surface area (TPSA) is 251 Å². The number of aryl methyl sites for hydroxylation is 3. The van der Waals surface area contributed by atoms with E-state index in [-0.39, 0.29) is 11.4 Å². The first-order chi connectivity index (χ1) is 36.1. The number of rotatable bonds is 16. The van der Waals surface area contributed by atoms with Crippen molar-refractivity contribution < 1.29 is 27.5 Å². The monoisotopic (exact) mass is 1230 g/mol. The second kappa shape index (κ2) is 32.7. The number of aromatic carboxylic acids is 2. The number of hydrogen-bond acceptors (Lipinski definition) is 15. The van der Waals surface area contributed by atoms with Crippen LogP contribution in [0, 0.1) is 20.8 Å². The van der Waals surface area contributed by atoms with E-state index in [1.54, 1.807) is 52.2 Å². The van der Waals surface area contributed by atoms with E-state index in [0.29, 0.717) is 33.1 Å². The quantitative estimate of drug-likeness (QED) is 0.0853. The maximum absolute atomic E-state index is 11.0. The molecule has 0 aromatic carbocycles. The van der Waals surface area contributed by atoms with Gasteiger partial charge in [0.2, 0.25) is 0 Å². The predicted molar refractivity (Wildman–Crippen MR) is 293 cm³/mol. The SMILES string of the molecule is CCC[CH2][Sn]([CH2]CCC)([CH2]CCC)[c]1cccc(C)n1.Cc1cccc(-c2ccc(-c3cccc(C)n3)nn2)n1.Clc1ccc(Cl)nn1.O=C(O)c1cccc(-c2ccc(-c3cccc(C(=O)O)n3)nn2)n1.O=[Se]=O. The molecule has 21 heteroatoms. The van der Waals surface area contributed by atoms with Gasteiger partial charge in [0.1, 0.15) is 34.2 Å². The summed E-state index contributed by atoms with van der Waals surface area (Å²) in [7, 11) is 0. The van der Waals surface area contributed by atoms with Crippen molar-refractivity contribution in [1.29, 1.82) is 0 Å². The van der Waals surface area contributed by atoms with Gasteiger partial charge in [-0.25, -0.2) is 19.6 Å².